The van der Waals surface area contributed by atoms with Crippen LogP contribution in [0.15, 0.2) is 39.8 Å². The topological polar surface area (TPSA) is 101 Å². The van der Waals surface area contributed by atoms with Crippen molar-refractivity contribution in [2.75, 3.05) is 23.7 Å². The van der Waals surface area contributed by atoms with E-state index >= 15 is 0 Å². The second kappa shape index (κ2) is 6.99. The Kier molecular flexibility index (Phi) is 4.88. The molecule has 2 heterocycles. The highest BCUT2D eigenvalue weighted by Gasteiger charge is 2.19. The zero-order chi connectivity index (χ0) is 19.8. The Morgan fingerprint density at radius 1 is 0.963 bits per heavy atom. The molecule has 2 aromatic heterocycles. The van der Waals surface area contributed by atoms with Crippen molar-refractivity contribution >= 4 is 21.7 Å². The molecular weight excluding hydrogens is 366 g/mol. The van der Waals surface area contributed by atoms with E-state index in [0.717, 1.165) is 5.56 Å². The number of benzene rings is 1. The third kappa shape index (κ3) is 3.92. The molecule has 0 saturated heterocycles. The van der Waals surface area contributed by atoms with Crippen molar-refractivity contribution < 1.29 is 12.8 Å². The molecule has 0 saturated carbocycles. The summed E-state index contributed by atoms with van der Waals surface area (Å²) >= 11 is 0. The van der Waals surface area contributed by atoms with Gasteiger partial charge in [-0.2, -0.15) is 0 Å². The maximum Gasteiger partial charge on any atom is 0.262 e. The highest BCUT2D eigenvalue weighted by molar-refractivity contribution is 7.92. The fourth-order valence-corrected chi connectivity index (χ4v) is 3.72. The van der Waals surface area contributed by atoms with Crippen molar-refractivity contribution in [3.05, 3.63) is 47.8 Å². The van der Waals surface area contributed by atoms with Gasteiger partial charge in [-0.1, -0.05) is 12.1 Å². The minimum absolute atomic E-state index is 0.141. The first-order chi connectivity index (χ1) is 12.7. The molecular formula is C18H21N5O3S. The molecule has 0 radical (unpaired) electrons. The summed E-state index contributed by atoms with van der Waals surface area (Å²) in [6.45, 7) is 5.24. The molecule has 27 heavy (non-hydrogen) atoms. The smallest absolute Gasteiger partial charge is 0.262 e. The van der Waals surface area contributed by atoms with Crippen LogP contribution in [0.1, 0.15) is 17.3 Å². The Labute approximate surface area is 158 Å². The second-order valence-electron chi connectivity index (χ2n) is 6.35. The van der Waals surface area contributed by atoms with Gasteiger partial charge in [-0.3, -0.25) is 4.72 Å². The minimum atomic E-state index is -3.77. The average molecular weight is 387 g/mol. The van der Waals surface area contributed by atoms with Crippen LogP contribution in [0, 0.1) is 20.8 Å². The van der Waals surface area contributed by atoms with Crippen LogP contribution in [0.25, 0.3) is 11.3 Å². The molecule has 8 nitrogen and oxygen atoms in total. The average Bonchev–Trinajstić information content (AvgIpc) is 3.04. The lowest BCUT2D eigenvalue weighted by Crippen LogP contribution is -2.18. The number of nitrogens with one attached hydrogen (secondary N) is 1. The first-order valence-electron chi connectivity index (χ1n) is 8.25. The Hall–Kier alpha value is -2.94. The lowest BCUT2D eigenvalue weighted by atomic mass is 10.2. The van der Waals surface area contributed by atoms with E-state index in [0.29, 0.717) is 34.6 Å². The van der Waals surface area contributed by atoms with Gasteiger partial charge in [0.25, 0.3) is 10.0 Å². The third-order valence-electron chi connectivity index (χ3n) is 3.97. The standard InChI is InChI=1S/C18H21N5O3S/c1-11-17(12(2)20-18(19-11)23(4)5)22-27(24,25)15-8-6-14(7-9-15)16-10-26-13(3)21-16/h6-10,22H,1-5H3. The lowest BCUT2D eigenvalue weighted by molar-refractivity contribution is 0.521. The van der Waals surface area contributed by atoms with Gasteiger partial charge in [0, 0.05) is 26.6 Å². The van der Waals surface area contributed by atoms with E-state index in [2.05, 4.69) is 19.7 Å². The van der Waals surface area contributed by atoms with Crippen molar-refractivity contribution in [3.63, 3.8) is 0 Å². The van der Waals surface area contributed by atoms with Gasteiger partial charge < -0.3 is 9.32 Å². The predicted octanol–water partition coefficient (Wildman–Crippen LogP) is 2.92. The van der Waals surface area contributed by atoms with Gasteiger partial charge in [0.1, 0.15) is 12.0 Å². The molecule has 0 fully saturated rings. The molecule has 0 atom stereocenters. The van der Waals surface area contributed by atoms with Crippen LogP contribution >= 0.6 is 0 Å². The van der Waals surface area contributed by atoms with Crippen molar-refractivity contribution in [3.8, 4) is 11.3 Å². The summed E-state index contributed by atoms with van der Waals surface area (Å²) in [5.41, 5.74) is 2.94. The Balaban J connectivity index is 1.89. The van der Waals surface area contributed by atoms with E-state index < -0.39 is 10.0 Å². The van der Waals surface area contributed by atoms with Crippen molar-refractivity contribution in [1.29, 1.82) is 0 Å². The van der Waals surface area contributed by atoms with E-state index in [1.807, 2.05) is 14.1 Å². The molecule has 0 aliphatic heterocycles. The number of hydrogen-bond acceptors (Lipinski definition) is 7. The Morgan fingerprint density at radius 3 is 2.04 bits per heavy atom. The van der Waals surface area contributed by atoms with Crippen LogP contribution in [0.4, 0.5) is 11.6 Å². The summed E-state index contributed by atoms with van der Waals surface area (Å²) in [5.74, 6) is 1.08. The Bertz CT molecular complexity index is 1050. The van der Waals surface area contributed by atoms with Crippen molar-refractivity contribution in [1.82, 2.24) is 15.0 Å². The quantitative estimate of drug-likeness (QED) is 0.718. The van der Waals surface area contributed by atoms with Crippen LogP contribution in [-0.4, -0.2) is 37.5 Å². The number of aryl methyl sites for hydroxylation is 3. The van der Waals surface area contributed by atoms with Gasteiger partial charge in [-0.05, 0) is 26.0 Å². The first-order valence-corrected chi connectivity index (χ1v) is 9.73. The fourth-order valence-electron chi connectivity index (χ4n) is 2.54. The van der Waals surface area contributed by atoms with Crippen LogP contribution in [-0.2, 0) is 10.0 Å². The van der Waals surface area contributed by atoms with Crippen molar-refractivity contribution in [2.24, 2.45) is 0 Å². The van der Waals surface area contributed by atoms with Gasteiger partial charge in [0.15, 0.2) is 5.89 Å². The predicted molar refractivity (Wildman–Crippen MR) is 103 cm³/mol. The fraction of sp³-hybridized carbons (Fsp3) is 0.278. The highest BCUT2D eigenvalue weighted by atomic mass is 32.2. The summed E-state index contributed by atoms with van der Waals surface area (Å²) in [4.78, 5) is 14.8. The molecule has 1 aromatic carbocycles. The van der Waals surface area contributed by atoms with E-state index in [4.69, 9.17) is 4.42 Å². The molecule has 3 rings (SSSR count). The number of anilines is 2. The largest absolute Gasteiger partial charge is 0.449 e. The first kappa shape index (κ1) is 18.8. The molecule has 0 aliphatic rings. The van der Waals surface area contributed by atoms with Crippen molar-refractivity contribution in [2.45, 2.75) is 25.7 Å². The molecule has 142 valence electrons. The van der Waals surface area contributed by atoms with Gasteiger partial charge in [0.2, 0.25) is 5.95 Å². The maximum atomic E-state index is 12.8. The SMILES string of the molecule is Cc1nc(-c2ccc(S(=O)(=O)Nc3c(C)nc(N(C)C)nc3C)cc2)co1. The van der Waals surface area contributed by atoms with E-state index in [1.165, 1.54) is 18.4 Å². The molecule has 0 amide bonds. The number of aromatic nitrogens is 3. The normalized spacial score (nSPS) is 11.4. The van der Waals surface area contributed by atoms with E-state index in [9.17, 15) is 8.42 Å². The number of hydrogen-bond donors (Lipinski definition) is 1. The van der Waals surface area contributed by atoms with E-state index in [-0.39, 0.29) is 4.90 Å². The molecule has 0 unspecified atom stereocenters. The van der Waals surface area contributed by atoms with Crippen LogP contribution < -0.4 is 9.62 Å². The number of oxazole rings is 1. The van der Waals surface area contributed by atoms with Crippen LogP contribution in [0.5, 0.6) is 0 Å². The molecule has 0 bridgehead atoms. The lowest BCUT2D eigenvalue weighted by Gasteiger charge is -2.16. The summed E-state index contributed by atoms with van der Waals surface area (Å²) in [6.07, 6.45) is 1.54. The zero-order valence-corrected chi connectivity index (χ0v) is 16.6. The Morgan fingerprint density at radius 2 is 1.56 bits per heavy atom. The molecule has 9 heteroatoms. The van der Waals surface area contributed by atoms with Crippen LogP contribution in [0.3, 0.4) is 0 Å². The van der Waals surface area contributed by atoms with Gasteiger partial charge in [0.05, 0.1) is 22.0 Å². The zero-order valence-electron chi connectivity index (χ0n) is 15.8. The monoisotopic (exact) mass is 387 g/mol. The summed E-state index contributed by atoms with van der Waals surface area (Å²) in [5, 5.41) is 0. The maximum absolute atomic E-state index is 12.8. The minimum Gasteiger partial charge on any atom is -0.449 e. The molecule has 1 N–H and O–H groups in total. The summed E-state index contributed by atoms with van der Waals surface area (Å²) in [7, 11) is -0.114. The number of rotatable bonds is 5. The number of sulfonamides is 1. The second-order valence-corrected chi connectivity index (χ2v) is 8.03. The number of nitrogens with zero attached hydrogens (tertiary/aromatic N) is 4. The van der Waals surface area contributed by atoms with Gasteiger partial charge in [-0.15, -0.1) is 0 Å². The molecule has 0 aliphatic carbocycles. The van der Waals surface area contributed by atoms with E-state index in [1.54, 1.807) is 37.8 Å². The van der Waals surface area contributed by atoms with Crippen LogP contribution in [0.2, 0.25) is 0 Å². The summed E-state index contributed by atoms with van der Waals surface area (Å²) in [6, 6.07) is 6.44. The third-order valence-corrected chi connectivity index (χ3v) is 5.34. The highest BCUT2D eigenvalue weighted by Crippen LogP contribution is 2.25. The molecule has 0 spiro atoms. The molecule has 3 aromatic rings. The van der Waals surface area contributed by atoms with Gasteiger partial charge in [-0.25, -0.2) is 23.4 Å². The summed E-state index contributed by atoms with van der Waals surface area (Å²) < 4.78 is 33.3. The van der Waals surface area contributed by atoms with Gasteiger partial charge >= 0.3 is 0 Å².